The van der Waals surface area contributed by atoms with Crippen molar-refractivity contribution < 1.29 is 4.79 Å². The molecule has 0 aliphatic heterocycles. The summed E-state index contributed by atoms with van der Waals surface area (Å²) in [4.78, 5) is 12.2. The fourth-order valence-corrected chi connectivity index (χ4v) is 2.49. The molecule has 0 heterocycles. The number of benzene rings is 2. The highest BCUT2D eigenvalue weighted by Gasteiger charge is 2.36. The molecule has 1 unspecified atom stereocenters. The SMILES string of the molecule is NN=C1C(=O)c2ccccc2C1c1ccccc1. The Bertz CT molecular complexity index is 632. The molecule has 3 rings (SSSR count). The van der Waals surface area contributed by atoms with Crippen molar-refractivity contribution in [3.8, 4) is 0 Å². The Balaban J connectivity index is 2.22. The summed E-state index contributed by atoms with van der Waals surface area (Å²) in [5.74, 6) is 5.19. The maximum Gasteiger partial charge on any atom is 0.210 e. The third kappa shape index (κ3) is 1.44. The Labute approximate surface area is 105 Å². The van der Waals surface area contributed by atoms with Gasteiger partial charge in [0.15, 0.2) is 0 Å². The molecule has 88 valence electrons. The van der Waals surface area contributed by atoms with Gasteiger partial charge in [0.2, 0.25) is 5.78 Å². The number of rotatable bonds is 1. The fourth-order valence-electron chi connectivity index (χ4n) is 2.49. The largest absolute Gasteiger partial charge is 0.323 e. The van der Waals surface area contributed by atoms with Crippen LogP contribution in [0.2, 0.25) is 0 Å². The number of Topliss-reactive ketones (excluding diaryl/α,β-unsaturated/α-hetero) is 1. The van der Waals surface area contributed by atoms with E-state index < -0.39 is 0 Å². The third-order valence-corrected chi connectivity index (χ3v) is 3.29. The molecule has 1 atom stereocenters. The summed E-state index contributed by atoms with van der Waals surface area (Å²) in [5.41, 5.74) is 3.15. The zero-order valence-electron chi connectivity index (χ0n) is 9.71. The lowest BCUT2D eigenvalue weighted by Gasteiger charge is -2.11. The molecule has 0 saturated carbocycles. The van der Waals surface area contributed by atoms with Crippen LogP contribution in [0.15, 0.2) is 59.7 Å². The van der Waals surface area contributed by atoms with Gasteiger partial charge in [-0.05, 0) is 11.1 Å². The first-order valence-corrected chi connectivity index (χ1v) is 5.79. The molecule has 18 heavy (non-hydrogen) atoms. The minimum atomic E-state index is -0.139. The standard InChI is InChI=1S/C15H12N2O/c16-17-14-13(10-6-2-1-3-7-10)11-8-4-5-9-12(11)15(14)18/h1-9,13H,16H2. The number of hydrogen-bond donors (Lipinski definition) is 1. The van der Waals surface area contributed by atoms with Crippen LogP contribution >= 0.6 is 0 Å². The van der Waals surface area contributed by atoms with Gasteiger partial charge in [-0.15, -0.1) is 0 Å². The number of nitrogens with two attached hydrogens (primary N) is 1. The maximum atomic E-state index is 12.2. The van der Waals surface area contributed by atoms with Crippen molar-refractivity contribution >= 4 is 11.5 Å². The Morgan fingerprint density at radius 3 is 2.33 bits per heavy atom. The van der Waals surface area contributed by atoms with Gasteiger partial charge in [-0.1, -0.05) is 54.6 Å². The Morgan fingerprint density at radius 2 is 1.61 bits per heavy atom. The summed E-state index contributed by atoms with van der Waals surface area (Å²) in [6.07, 6.45) is 0. The van der Waals surface area contributed by atoms with Gasteiger partial charge in [-0.2, -0.15) is 5.10 Å². The van der Waals surface area contributed by atoms with E-state index in [1.54, 1.807) is 0 Å². The van der Waals surface area contributed by atoms with Crippen molar-refractivity contribution in [3.05, 3.63) is 71.3 Å². The zero-order valence-corrected chi connectivity index (χ0v) is 9.71. The molecule has 3 nitrogen and oxygen atoms in total. The smallest absolute Gasteiger partial charge is 0.210 e. The number of carbonyl (C=O) groups is 1. The molecule has 0 spiro atoms. The van der Waals surface area contributed by atoms with Crippen LogP contribution < -0.4 is 5.84 Å². The predicted octanol–water partition coefficient (Wildman–Crippen LogP) is 2.33. The topological polar surface area (TPSA) is 55.4 Å². The summed E-state index contributed by atoms with van der Waals surface area (Å²) < 4.78 is 0. The molecule has 2 aromatic rings. The van der Waals surface area contributed by atoms with Crippen molar-refractivity contribution in [1.82, 2.24) is 0 Å². The van der Waals surface area contributed by atoms with Crippen LogP contribution in [-0.4, -0.2) is 11.5 Å². The summed E-state index contributed by atoms with van der Waals surface area (Å²) in [6.45, 7) is 0. The van der Waals surface area contributed by atoms with Gasteiger partial charge in [0.25, 0.3) is 0 Å². The number of nitrogens with zero attached hydrogens (tertiary/aromatic N) is 1. The van der Waals surface area contributed by atoms with E-state index in [-0.39, 0.29) is 11.7 Å². The van der Waals surface area contributed by atoms with Gasteiger partial charge in [0.05, 0.1) is 5.92 Å². The molecule has 0 amide bonds. The minimum absolute atomic E-state index is 0.0676. The van der Waals surface area contributed by atoms with Gasteiger partial charge in [-0.25, -0.2) is 0 Å². The number of carbonyl (C=O) groups excluding carboxylic acids is 1. The van der Waals surface area contributed by atoms with Crippen molar-refractivity contribution in [1.29, 1.82) is 0 Å². The molecule has 1 aliphatic carbocycles. The van der Waals surface area contributed by atoms with E-state index in [1.807, 2.05) is 54.6 Å². The molecule has 1 aliphatic rings. The quantitative estimate of drug-likeness (QED) is 0.610. The first kappa shape index (κ1) is 10.7. The van der Waals surface area contributed by atoms with Gasteiger partial charge >= 0.3 is 0 Å². The van der Waals surface area contributed by atoms with Gasteiger partial charge in [0, 0.05) is 5.56 Å². The second kappa shape index (κ2) is 4.11. The van der Waals surface area contributed by atoms with Crippen LogP contribution in [0.1, 0.15) is 27.4 Å². The highest BCUT2D eigenvalue weighted by molar-refractivity contribution is 6.51. The number of hydrogen-bond acceptors (Lipinski definition) is 3. The molecular formula is C15H12N2O. The fraction of sp³-hybridized carbons (Fsp3) is 0.0667. The highest BCUT2D eigenvalue weighted by Crippen LogP contribution is 2.35. The van der Waals surface area contributed by atoms with Gasteiger partial charge < -0.3 is 5.84 Å². The maximum absolute atomic E-state index is 12.2. The van der Waals surface area contributed by atoms with Crippen LogP contribution in [0.25, 0.3) is 0 Å². The second-order valence-electron chi connectivity index (χ2n) is 4.27. The van der Waals surface area contributed by atoms with E-state index in [4.69, 9.17) is 5.84 Å². The van der Waals surface area contributed by atoms with Gasteiger partial charge in [0.1, 0.15) is 5.71 Å². The van der Waals surface area contributed by atoms with Crippen LogP contribution in [0.5, 0.6) is 0 Å². The van der Waals surface area contributed by atoms with Gasteiger partial charge in [-0.3, -0.25) is 4.79 Å². The predicted molar refractivity (Wildman–Crippen MR) is 70.7 cm³/mol. The summed E-state index contributed by atoms with van der Waals surface area (Å²) in [7, 11) is 0. The normalized spacial score (nSPS) is 20.1. The van der Waals surface area contributed by atoms with Crippen molar-refractivity contribution in [2.45, 2.75) is 5.92 Å². The molecule has 0 fully saturated rings. The Kier molecular flexibility index (Phi) is 2.45. The number of fused-ring (bicyclic) bond motifs is 1. The van der Waals surface area contributed by atoms with E-state index in [0.29, 0.717) is 11.3 Å². The van der Waals surface area contributed by atoms with E-state index in [2.05, 4.69) is 5.10 Å². The number of ketones is 1. The van der Waals surface area contributed by atoms with E-state index in [9.17, 15) is 4.79 Å². The molecule has 0 radical (unpaired) electrons. The van der Waals surface area contributed by atoms with Crippen LogP contribution in [0, 0.1) is 0 Å². The monoisotopic (exact) mass is 236 g/mol. The molecule has 0 bridgehead atoms. The van der Waals surface area contributed by atoms with Crippen LogP contribution in [0.3, 0.4) is 0 Å². The molecule has 0 aromatic heterocycles. The van der Waals surface area contributed by atoms with Crippen molar-refractivity contribution in [2.24, 2.45) is 10.9 Å². The summed E-state index contributed by atoms with van der Waals surface area (Å²) >= 11 is 0. The lowest BCUT2D eigenvalue weighted by molar-refractivity contribution is 0.106. The van der Waals surface area contributed by atoms with E-state index >= 15 is 0 Å². The number of hydrazone groups is 1. The molecule has 2 N–H and O–H groups in total. The third-order valence-electron chi connectivity index (χ3n) is 3.29. The summed E-state index contributed by atoms with van der Waals surface area (Å²) in [6, 6.07) is 17.4. The Morgan fingerprint density at radius 1 is 0.944 bits per heavy atom. The average Bonchev–Trinajstić information content (AvgIpc) is 2.73. The average molecular weight is 236 g/mol. The Hall–Kier alpha value is -2.42. The van der Waals surface area contributed by atoms with E-state index in [0.717, 1.165) is 11.1 Å². The van der Waals surface area contributed by atoms with Crippen molar-refractivity contribution in [3.63, 3.8) is 0 Å². The van der Waals surface area contributed by atoms with Crippen LogP contribution in [-0.2, 0) is 0 Å². The lowest BCUT2D eigenvalue weighted by Crippen LogP contribution is -2.16. The zero-order chi connectivity index (χ0) is 12.5. The molecule has 2 aromatic carbocycles. The van der Waals surface area contributed by atoms with E-state index in [1.165, 1.54) is 0 Å². The molecule has 0 saturated heterocycles. The second-order valence-corrected chi connectivity index (χ2v) is 4.27. The first-order valence-electron chi connectivity index (χ1n) is 5.79. The van der Waals surface area contributed by atoms with Crippen LogP contribution in [0.4, 0.5) is 0 Å². The molecular weight excluding hydrogens is 224 g/mol. The molecule has 3 heteroatoms. The summed E-state index contributed by atoms with van der Waals surface area (Å²) in [5, 5.41) is 3.71. The van der Waals surface area contributed by atoms with Crippen molar-refractivity contribution in [2.75, 3.05) is 0 Å². The first-order chi connectivity index (χ1) is 8.83. The lowest BCUT2D eigenvalue weighted by atomic mass is 9.92. The minimum Gasteiger partial charge on any atom is -0.323 e. The highest BCUT2D eigenvalue weighted by atomic mass is 16.1.